The lowest BCUT2D eigenvalue weighted by molar-refractivity contribution is -0.136. The van der Waals surface area contributed by atoms with Gasteiger partial charge in [0, 0.05) is 11.4 Å². The van der Waals surface area contributed by atoms with Crippen LogP contribution >= 0.6 is 0 Å². The van der Waals surface area contributed by atoms with Crippen molar-refractivity contribution in [1.29, 1.82) is 0 Å². The first-order valence-electron chi connectivity index (χ1n) is 11.1. The molecular weight excluding hydrogens is 460 g/mol. The fourth-order valence-corrected chi connectivity index (χ4v) is 3.35. The molecule has 0 unspecified atom stereocenters. The van der Waals surface area contributed by atoms with E-state index in [0.717, 1.165) is 16.7 Å². The minimum Gasteiger partial charge on any atom is -0.493 e. The summed E-state index contributed by atoms with van der Waals surface area (Å²) in [5.74, 6) is -1.29. The zero-order valence-corrected chi connectivity index (χ0v) is 20.5. The molecule has 36 heavy (non-hydrogen) atoms. The van der Waals surface area contributed by atoms with Gasteiger partial charge in [-0.25, -0.2) is 5.43 Å². The Labute approximate surface area is 209 Å². The smallest absolute Gasteiger partial charge is 0.329 e. The summed E-state index contributed by atoms with van der Waals surface area (Å²) in [4.78, 5) is 36.5. The molecule has 0 saturated heterocycles. The van der Waals surface area contributed by atoms with E-state index in [1.54, 1.807) is 24.3 Å². The number of nitrogens with one attached hydrogen (secondary N) is 3. The predicted molar refractivity (Wildman–Crippen MR) is 139 cm³/mol. The topological polar surface area (TPSA) is 118 Å². The van der Waals surface area contributed by atoms with Gasteiger partial charge >= 0.3 is 11.8 Å². The highest BCUT2D eigenvalue weighted by molar-refractivity contribution is 6.39. The van der Waals surface area contributed by atoms with E-state index in [4.69, 9.17) is 9.47 Å². The van der Waals surface area contributed by atoms with Crippen LogP contribution in [0.2, 0.25) is 0 Å². The molecule has 0 aliphatic heterocycles. The molecule has 0 saturated carbocycles. The van der Waals surface area contributed by atoms with E-state index in [1.165, 1.54) is 13.3 Å². The Bertz CT molecular complexity index is 1280. The molecule has 0 fully saturated rings. The van der Waals surface area contributed by atoms with E-state index in [-0.39, 0.29) is 12.5 Å². The summed E-state index contributed by atoms with van der Waals surface area (Å²) < 4.78 is 10.9. The Morgan fingerprint density at radius 1 is 0.861 bits per heavy atom. The molecule has 0 bridgehead atoms. The normalized spacial score (nSPS) is 10.6. The van der Waals surface area contributed by atoms with Gasteiger partial charge in [-0.15, -0.1) is 0 Å². The van der Waals surface area contributed by atoms with Crippen molar-refractivity contribution in [2.75, 3.05) is 24.4 Å². The summed E-state index contributed by atoms with van der Waals surface area (Å²) in [5.41, 5.74) is 6.79. The Morgan fingerprint density at radius 3 is 2.28 bits per heavy atom. The van der Waals surface area contributed by atoms with Gasteiger partial charge in [0.2, 0.25) is 0 Å². The lowest BCUT2D eigenvalue weighted by Crippen LogP contribution is -2.32. The first kappa shape index (κ1) is 26.0. The highest BCUT2D eigenvalue weighted by Crippen LogP contribution is 2.27. The van der Waals surface area contributed by atoms with E-state index in [2.05, 4.69) is 21.2 Å². The van der Waals surface area contributed by atoms with Gasteiger partial charge in [0.1, 0.15) is 0 Å². The maximum absolute atomic E-state index is 12.2. The summed E-state index contributed by atoms with van der Waals surface area (Å²) >= 11 is 0. The number of aryl methyl sites for hydroxylation is 3. The number of hydrazone groups is 1. The van der Waals surface area contributed by atoms with Crippen LogP contribution in [0, 0.1) is 20.8 Å². The molecule has 3 aromatic rings. The lowest BCUT2D eigenvalue weighted by Gasteiger charge is -2.12. The first-order valence-corrected chi connectivity index (χ1v) is 11.1. The molecule has 3 amide bonds. The van der Waals surface area contributed by atoms with Crippen LogP contribution in [0.15, 0.2) is 65.8 Å². The highest BCUT2D eigenvalue weighted by atomic mass is 16.5. The molecule has 0 radical (unpaired) electrons. The lowest BCUT2D eigenvalue weighted by atomic mass is 10.1. The number of hydrogen-bond donors (Lipinski definition) is 3. The molecule has 3 aromatic carbocycles. The third kappa shape index (κ3) is 7.17. The molecule has 0 aliphatic rings. The largest absolute Gasteiger partial charge is 0.493 e. The van der Waals surface area contributed by atoms with Crippen LogP contribution in [0.3, 0.4) is 0 Å². The Morgan fingerprint density at radius 2 is 1.58 bits per heavy atom. The van der Waals surface area contributed by atoms with E-state index >= 15 is 0 Å². The van der Waals surface area contributed by atoms with E-state index in [9.17, 15) is 14.4 Å². The Kier molecular flexibility index (Phi) is 8.77. The fraction of sp³-hybridized carbons (Fsp3) is 0.185. The number of ether oxygens (including phenoxy) is 2. The molecule has 186 valence electrons. The van der Waals surface area contributed by atoms with Gasteiger partial charge in [-0.1, -0.05) is 30.3 Å². The van der Waals surface area contributed by atoms with Crippen molar-refractivity contribution in [3.63, 3.8) is 0 Å². The molecule has 9 heteroatoms. The Balaban J connectivity index is 1.54. The van der Waals surface area contributed by atoms with Crippen molar-refractivity contribution < 1.29 is 23.9 Å². The van der Waals surface area contributed by atoms with Gasteiger partial charge in [0.15, 0.2) is 18.1 Å². The second-order valence-corrected chi connectivity index (χ2v) is 8.04. The first-order chi connectivity index (χ1) is 17.3. The number of para-hydroxylation sites is 1. The van der Waals surface area contributed by atoms with Gasteiger partial charge in [0.25, 0.3) is 5.91 Å². The van der Waals surface area contributed by atoms with Crippen LogP contribution in [0.1, 0.15) is 22.3 Å². The van der Waals surface area contributed by atoms with Crippen molar-refractivity contribution in [3.05, 3.63) is 82.9 Å². The SMILES string of the molecule is COc1cc(/C=N\NC(=O)C(=O)Nc2c(C)cccc2C)ccc1OCC(=O)Nc1cccc(C)c1. The quantitative estimate of drug-likeness (QED) is 0.254. The number of amides is 3. The zero-order chi connectivity index (χ0) is 26.1. The van der Waals surface area contributed by atoms with Gasteiger partial charge in [-0.2, -0.15) is 5.10 Å². The number of nitrogens with zero attached hydrogens (tertiary/aromatic N) is 1. The van der Waals surface area contributed by atoms with Crippen molar-refractivity contribution in [2.45, 2.75) is 20.8 Å². The minimum atomic E-state index is -0.902. The van der Waals surface area contributed by atoms with Crippen molar-refractivity contribution in [1.82, 2.24) is 5.43 Å². The van der Waals surface area contributed by atoms with Crippen molar-refractivity contribution in [3.8, 4) is 11.5 Å². The van der Waals surface area contributed by atoms with Crippen LogP contribution in [-0.4, -0.2) is 37.7 Å². The molecule has 0 atom stereocenters. The second-order valence-electron chi connectivity index (χ2n) is 8.04. The van der Waals surface area contributed by atoms with E-state index < -0.39 is 11.8 Å². The van der Waals surface area contributed by atoms with Crippen LogP contribution in [-0.2, 0) is 14.4 Å². The van der Waals surface area contributed by atoms with Crippen molar-refractivity contribution >= 4 is 35.3 Å². The van der Waals surface area contributed by atoms with E-state index in [0.29, 0.717) is 28.4 Å². The van der Waals surface area contributed by atoms with E-state index in [1.807, 2.05) is 57.2 Å². The number of hydrogen-bond acceptors (Lipinski definition) is 6. The summed E-state index contributed by atoms with van der Waals surface area (Å²) in [6.45, 7) is 5.42. The summed E-state index contributed by atoms with van der Waals surface area (Å²) in [6, 6.07) is 17.9. The number of benzene rings is 3. The average Bonchev–Trinajstić information content (AvgIpc) is 2.85. The Hall–Kier alpha value is -4.66. The number of carbonyl (C=O) groups excluding carboxylic acids is 3. The molecule has 9 nitrogen and oxygen atoms in total. The predicted octanol–water partition coefficient (Wildman–Crippen LogP) is 3.73. The summed E-state index contributed by atoms with van der Waals surface area (Å²) in [6.07, 6.45) is 1.36. The zero-order valence-electron chi connectivity index (χ0n) is 20.5. The molecule has 0 aromatic heterocycles. The maximum Gasteiger partial charge on any atom is 0.329 e. The molecule has 0 spiro atoms. The van der Waals surface area contributed by atoms with Crippen LogP contribution < -0.4 is 25.5 Å². The van der Waals surface area contributed by atoms with Crippen LogP contribution in [0.25, 0.3) is 0 Å². The third-order valence-electron chi connectivity index (χ3n) is 5.15. The second kappa shape index (κ2) is 12.2. The average molecular weight is 489 g/mol. The number of methoxy groups -OCH3 is 1. The van der Waals surface area contributed by atoms with Crippen LogP contribution in [0.4, 0.5) is 11.4 Å². The number of anilines is 2. The molecule has 3 rings (SSSR count). The standard InChI is InChI=1S/C27H28N4O5/c1-17-7-5-10-21(13-17)29-24(32)16-36-22-12-11-20(14-23(22)35-4)15-28-31-27(34)26(33)30-25-18(2)8-6-9-19(25)3/h5-15H,16H2,1-4H3,(H,29,32)(H,30,33)(H,31,34)/b28-15-. The summed E-state index contributed by atoms with van der Waals surface area (Å²) in [5, 5.41) is 9.21. The van der Waals surface area contributed by atoms with Gasteiger partial charge in [0.05, 0.1) is 13.3 Å². The monoisotopic (exact) mass is 488 g/mol. The van der Waals surface area contributed by atoms with Gasteiger partial charge in [-0.05, 0) is 73.4 Å². The minimum absolute atomic E-state index is 0.205. The highest BCUT2D eigenvalue weighted by Gasteiger charge is 2.15. The molecule has 0 aliphatic carbocycles. The molecule has 3 N–H and O–H groups in total. The number of carbonyl (C=O) groups is 3. The van der Waals surface area contributed by atoms with Crippen molar-refractivity contribution in [2.24, 2.45) is 5.10 Å². The fourth-order valence-electron chi connectivity index (χ4n) is 3.35. The molecule has 0 heterocycles. The van der Waals surface area contributed by atoms with Crippen LogP contribution in [0.5, 0.6) is 11.5 Å². The number of rotatable bonds is 8. The van der Waals surface area contributed by atoms with Gasteiger partial charge < -0.3 is 20.1 Å². The third-order valence-corrected chi connectivity index (χ3v) is 5.15. The maximum atomic E-state index is 12.2. The molecular formula is C27H28N4O5. The van der Waals surface area contributed by atoms with Gasteiger partial charge in [-0.3, -0.25) is 14.4 Å². The summed E-state index contributed by atoms with van der Waals surface area (Å²) in [7, 11) is 1.47.